The van der Waals surface area contributed by atoms with Gasteiger partial charge in [0.15, 0.2) is 5.96 Å². The molecule has 2 aromatic rings. The first-order valence-electron chi connectivity index (χ1n) is 11.3. The Morgan fingerprint density at radius 2 is 1.94 bits per heavy atom. The Labute approximate surface area is 183 Å². The Kier molecular flexibility index (Phi) is 7.35. The van der Waals surface area contributed by atoms with Gasteiger partial charge < -0.3 is 15.1 Å². The van der Waals surface area contributed by atoms with E-state index in [1.54, 1.807) is 12.4 Å². The van der Waals surface area contributed by atoms with Crippen molar-refractivity contribution in [3.8, 4) is 0 Å². The zero-order valence-electron chi connectivity index (χ0n) is 18.3. The molecule has 0 spiro atoms. The Bertz CT molecular complexity index is 824. The van der Waals surface area contributed by atoms with Gasteiger partial charge in [0.05, 0.1) is 5.69 Å². The highest BCUT2D eigenvalue weighted by atomic mass is 19.1. The Balaban J connectivity index is 1.13. The molecule has 0 unspecified atom stereocenters. The number of benzene rings is 1. The van der Waals surface area contributed by atoms with Crippen LogP contribution in [0.25, 0.3) is 0 Å². The summed E-state index contributed by atoms with van der Waals surface area (Å²) in [7, 11) is 1.85. The highest BCUT2D eigenvalue weighted by molar-refractivity contribution is 5.79. The first kappa shape index (κ1) is 21.5. The fourth-order valence-corrected chi connectivity index (χ4v) is 4.53. The molecule has 4 rings (SSSR count). The third kappa shape index (κ3) is 5.52. The molecule has 2 aliphatic rings. The average Bonchev–Trinajstić information content (AvgIpc) is 3.35. The van der Waals surface area contributed by atoms with Crippen LogP contribution in [0, 0.1) is 5.82 Å². The van der Waals surface area contributed by atoms with Crippen LogP contribution in [0.1, 0.15) is 31.0 Å². The SMILES string of the molecule is CN=C(NCCCN1CCN(c2ccccc2F)CC1)N1CCC(c2ncn[nH]2)CC1. The molecule has 2 aliphatic heterocycles. The maximum absolute atomic E-state index is 14.0. The van der Waals surface area contributed by atoms with E-state index in [9.17, 15) is 4.39 Å². The smallest absolute Gasteiger partial charge is 0.193 e. The van der Waals surface area contributed by atoms with Crippen LogP contribution < -0.4 is 10.2 Å². The summed E-state index contributed by atoms with van der Waals surface area (Å²) in [6.45, 7) is 7.58. The van der Waals surface area contributed by atoms with E-state index in [0.29, 0.717) is 5.92 Å². The van der Waals surface area contributed by atoms with Crippen molar-refractivity contribution in [3.63, 3.8) is 0 Å². The fraction of sp³-hybridized carbons (Fsp3) is 0.591. The molecule has 0 saturated carbocycles. The molecular formula is C22H33FN8. The molecule has 9 heteroatoms. The highest BCUT2D eigenvalue weighted by Gasteiger charge is 2.24. The van der Waals surface area contributed by atoms with Crippen LogP contribution in [0.2, 0.25) is 0 Å². The summed E-state index contributed by atoms with van der Waals surface area (Å²) in [5.74, 6) is 2.31. The molecule has 0 atom stereocenters. The van der Waals surface area contributed by atoms with Crippen LogP contribution >= 0.6 is 0 Å². The van der Waals surface area contributed by atoms with Gasteiger partial charge in [0.1, 0.15) is 18.0 Å². The van der Waals surface area contributed by atoms with E-state index in [2.05, 4.69) is 40.2 Å². The van der Waals surface area contributed by atoms with Crippen molar-refractivity contribution in [2.45, 2.75) is 25.2 Å². The molecule has 2 saturated heterocycles. The van der Waals surface area contributed by atoms with Crippen LogP contribution in [0.15, 0.2) is 35.6 Å². The maximum Gasteiger partial charge on any atom is 0.193 e. The lowest BCUT2D eigenvalue weighted by molar-refractivity contribution is 0.253. The third-order valence-electron chi connectivity index (χ3n) is 6.33. The number of nitrogens with one attached hydrogen (secondary N) is 2. The van der Waals surface area contributed by atoms with Gasteiger partial charge in [-0.2, -0.15) is 5.10 Å². The van der Waals surface area contributed by atoms with Gasteiger partial charge in [0.25, 0.3) is 0 Å². The van der Waals surface area contributed by atoms with Crippen LogP contribution in [0.3, 0.4) is 0 Å². The minimum atomic E-state index is -0.128. The second-order valence-corrected chi connectivity index (χ2v) is 8.24. The predicted molar refractivity (Wildman–Crippen MR) is 121 cm³/mol. The number of aromatic nitrogens is 3. The normalized spacial score (nSPS) is 19.1. The molecule has 2 fully saturated rings. The van der Waals surface area contributed by atoms with E-state index < -0.39 is 0 Å². The summed E-state index contributed by atoms with van der Waals surface area (Å²) in [6, 6.07) is 7.06. The molecule has 0 bridgehead atoms. The van der Waals surface area contributed by atoms with E-state index in [-0.39, 0.29) is 5.82 Å². The molecule has 0 aliphatic carbocycles. The summed E-state index contributed by atoms with van der Waals surface area (Å²) in [4.78, 5) is 15.7. The molecule has 1 aromatic heterocycles. The van der Waals surface area contributed by atoms with Crippen molar-refractivity contribution in [1.82, 2.24) is 30.3 Å². The molecule has 1 aromatic carbocycles. The van der Waals surface area contributed by atoms with Crippen molar-refractivity contribution in [1.29, 1.82) is 0 Å². The van der Waals surface area contributed by atoms with Gasteiger partial charge in [-0.25, -0.2) is 9.37 Å². The Morgan fingerprint density at radius 3 is 2.61 bits per heavy atom. The van der Waals surface area contributed by atoms with Crippen LogP contribution in [0.5, 0.6) is 0 Å². The van der Waals surface area contributed by atoms with Gasteiger partial charge in [-0.1, -0.05) is 12.1 Å². The summed E-state index contributed by atoms with van der Waals surface area (Å²) in [6.07, 6.45) is 4.76. The molecule has 3 heterocycles. The van der Waals surface area contributed by atoms with E-state index in [4.69, 9.17) is 0 Å². The largest absolute Gasteiger partial charge is 0.367 e. The molecule has 2 N–H and O–H groups in total. The summed E-state index contributed by atoms with van der Waals surface area (Å²) in [5, 5.41) is 10.5. The second-order valence-electron chi connectivity index (χ2n) is 8.24. The number of aliphatic imine (C=N–C) groups is 1. The predicted octanol–water partition coefficient (Wildman–Crippen LogP) is 1.91. The zero-order chi connectivity index (χ0) is 21.5. The van der Waals surface area contributed by atoms with Gasteiger partial charge in [-0.05, 0) is 37.9 Å². The topological polar surface area (TPSA) is 75.7 Å². The lowest BCUT2D eigenvalue weighted by Crippen LogP contribution is -2.48. The number of hydrogen-bond donors (Lipinski definition) is 2. The summed E-state index contributed by atoms with van der Waals surface area (Å²) >= 11 is 0. The number of piperidine rings is 1. The number of nitrogens with zero attached hydrogens (tertiary/aromatic N) is 6. The van der Waals surface area contributed by atoms with Crippen LogP contribution in [-0.2, 0) is 0 Å². The van der Waals surface area contributed by atoms with Crippen molar-refractivity contribution in [3.05, 3.63) is 42.2 Å². The quantitative estimate of drug-likeness (QED) is 0.416. The average molecular weight is 429 g/mol. The molecule has 0 radical (unpaired) electrons. The molecule has 31 heavy (non-hydrogen) atoms. The number of likely N-dealkylation sites (tertiary alicyclic amines) is 1. The number of halogens is 1. The van der Waals surface area contributed by atoms with Crippen molar-refractivity contribution in [2.75, 3.05) is 64.3 Å². The summed E-state index contributed by atoms with van der Waals surface area (Å²) in [5.41, 5.74) is 0.722. The van der Waals surface area contributed by atoms with Gasteiger partial charge in [-0.15, -0.1) is 0 Å². The second kappa shape index (κ2) is 10.6. The molecule has 8 nitrogen and oxygen atoms in total. The van der Waals surface area contributed by atoms with Gasteiger partial charge >= 0.3 is 0 Å². The Hall–Kier alpha value is -2.68. The number of para-hydroxylation sites is 1. The Morgan fingerprint density at radius 1 is 1.16 bits per heavy atom. The standard InChI is InChI=1S/C22H33FN8/c1-24-22(31-11-7-18(8-12-31)21-26-17-27-28-21)25-9-4-10-29-13-15-30(16-14-29)20-6-3-2-5-19(20)23/h2-3,5-6,17-18H,4,7-16H2,1H3,(H,24,25)(H,26,27,28). The minimum Gasteiger partial charge on any atom is -0.367 e. The van der Waals surface area contributed by atoms with E-state index in [0.717, 1.165) is 89.1 Å². The monoisotopic (exact) mass is 428 g/mol. The first-order chi connectivity index (χ1) is 15.2. The molecule has 168 valence electrons. The number of rotatable bonds is 6. The van der Waals surface area contributed by atoms with E-state index in [1.807, 2.05) is 19.2 Å². The number of anilines is 1. The number of aromatic amines is 1. The zero-order valence-corrected chi connectivity index (χ0v) is 18.3. The van der Waals surface area contributed by atoms with E-state index in [1.165, 1.54) is 6.07 Å². The lowest BCUT2D eigenvalue weighted by atomic mass is 9.96. The van der Waals surface area contributed by atoms with Crippen molar-refractivity contribution >= 4 is 11.6 Å². The van der Waals surface area contributed by atoms with Gasteiger partial charge in [0.2, 0.25) is 0 Å². The minimum absolute atomic E-state index is 0.128. The lowest BCUT2D eigenvalue weighted by Gasteiger charge is -2.36. The van der Waals surface area contributed by atoms with Crippen molar-refractivity contribution < 1.29 is 4.39 Å². The highest BCUT2D eigenvalue weighted by Crippen LogP contribution is 2.25. The van der Waals surface area contributed by atoms with Crippen LogP contribution in [-0.4, -0.2) is 90.3 Å². The van der Waals surface area contributed by atoms with Crippen LogP contribution in [0.4, 0.5) is 10.1 Å². The number of H-pyrrole nitrogens is 1. The van der Waals surface area contributed by atoms with Gasteiger partial charge in [-0.3, -0.25) is 15.0 Å². The maximum atomic E-state index is 14.0. The first-order valence-corrected chi connectivity index (χ1v) is 11.3. The summed E-state index contributed by atoms with van der Waals surface area (Å²) < 4.78 is 14.0. The van der Waals surface area contributed by atoms with Gasteiger partial charge in [0, 0.05) is 58.8 Å². The number of piperazine rings is 1. The number of hydrogen-bond acceptors (Lipinski definition) is 5. The number of guanidine groups is 1. The third-order valence-corrected chi connectivity index (χ3v) is 6.33. The molecule has 0 amide bonds. The fourth-order valence-electron chi connectivity index (χ4n) is 4.53. The van der Waals surface area contributed by atoms with E-state index >= 15 is 0 Å². The van der Waals surface area contributed by atoms with Crippen molar-refractivity contribution in [2.24, 2.45) is 4.99 Å². The molecular weight excluding hydrogens is 395 g/mol.